The summed E-state index contributed by atoms with van der Waals surface area (Å²) in [5.41, 5.74) is 15.5. The molecule has 8 aliphatic rings. The molecule has 4 heterocycles. The van der Waals surface area contributed by atoms with Crippen molar-refractivity contribution in [1.29, 1.82) is 0 Å². The molecule has 8 aliphatic carbocycles. The second-order valence-corrected chi connectivity index (χ2v) is 19.5. The van der Waals surface area contributed by atoms with Crippen LogP contribution in [0, 0.1) is 23.7 Å². The number of pyridine rings is 1. The highest BCUT2D eigenvalue weighted by atomic mass is 16.3. The lowest BCUT2D eigenvalue weighted by atomic mass is 9.58. The van der Waals surface area contributed by atoms with E-state index in [0.717, 1.165) is 34.8 Å². The van der Waals surface area contributed by atoms with Crippen LogP contribution in [0.1, 0.15) is 112 Å². The number of hydrogen-bond acceptors (Lipinski definition) is 2. The topological polar surface area (TPSA) is 30.4 Å². The third kappa shape index (κ3) is 3.31. The quantitative estimate of drug-likeness (QED) is 0.173. The van der Waals surface area contributed by atoms with E-state index in [9.17, 15) is 0 Å². The molecule has 3 heteroatoms. The van der Waals surface area contributed by atoms with Crippen molar-refractivity contribution in [2.45, 2.75) is 101 Å². The molecule has 256 valence electrons. The first-order valence-corrected chi connectivity index (χ1v) is 20.5. The Morgan fingerprint density at radius 2 is 1.33 bits per heavy atom. The number of benzene rings is 4. The summed E-state index contributed by atoms with van der Waals surface area (Å²) >= 11 is 0. The number of nitrogens with zero attached hydrogens (tertiary/aromatic N) is 2. The molecule has 4 atom stereocenters. The zero-order chi connectivity index (χ0) is 33.8. The van der Waals surface area contributed by atoms with Gasteiger partial charge in [0.2, 0.25) is 0 Å². The van der Waals surface area contributed by atoms with Gasteiger partial charge in [0, 0.05) is 49.5 Å². The third-order valence-electron chi connectivity index (χ3n) is 16.2. The van der Waals surface area contributed by atoms with E-state index in [-0.39, 0.29) is 10.8 Å². The highest BCUT2D eigenvalue weighted by molar-refractivity contribution is 6.26. The number of furan rings is 1. The second-order valence-electron chi connectivity index (χ2n) is 19.5. The van der Waals surface area contributed by atoms with Gasteiger partial charge in [-0.05, 0) is 157 Å². The van der Waals surface area contributed by atoms with Crippen LogP contribution in [0.2, 0.25) is 0 Å². The molecule has 0 N–H and O–H groups in total. The summed E-state index contributed by atoms with van der Waals surface area (Å²) < 4.78 is 9.40. The van der Waals surface area contributed by atoms with Crippen LogP contribution in [0.15, 0.2) is 77.3 Å². The van der Waals surface area contributed by atoms with Crippen molar-refractivity contribution in [3.63, 3.8) is 0 Å². The molecule has 16 rings (SSSR count). The molecular weight excluding hydrogens is 633 g/mol. The van der Waals surface area contributed by atoms with Gasteiger partial charge in [-0.25, -0.2) is 0 Å². The Labute approximate surface area is 303 Å². The fourth-order valence-electron chi connectivity index (χ4n) is 14.9. The summed E-state index contributed by atoms with van der Waals surface area (Å²) in [7, 11) is 0. The Hall–Kier alpha value is -4.37. The predicted octanol–water partition coefficient (Wildman–Crippen LogP) is 12.9. The first-order chi connectivity index (χ1) is 25.4. The maximum absolute atomic E-state index is 6.71. The van der Waals surface area contributed by atoms with Gasteiger partial charge in [-0.2, -0.15) is 0 Å². The molecule has 4 aromatic carbocycles. The summed E-state index contributed by atoms with van der Waals surface area (Å²) in [5, 5.41) is 8.18. The average Bonchev–Trinajstić information content (AvgIpc) is 3.72. The first kappa shape index (κ1) is 28.2. The first-order valence-electron chi connectivity index (χ1n) is 20.5. The molecule has 0 aliphatic heterocycles. The third-order valence-corrected chi connectivity index (χ3v) is 16.2. The van der Waals surface area contributed by atoms with Crippen molar-refractivity contribution >= 4 is 60.0 Å². The van der Waals surface area contributed by atoms with E-state index in [4.69, 9.17) is 9.40 Å². The highest BCUT2D eigenvalue weighted by Gasteiger charge is 2.53. The van der Waals surface area contributed by atoms with Crippen LogP contribution in [0.5, 0.6) is 0 Å². The van der Waals surface area contributed by atoms with Crippen molar-refractivity contribution in [3.8, 4) is 11.1 Å². The Morgan fingerprint density at radius 1 is 0.635 bits per heavy atom. The van der Waals surface area contributed by atoms with Crippen molar-refractivity contribution < 1.29 is 4.42 Å². The summed E-state index contributed by atoms with van der Waals surface area (Å²) in [5.74, 6) is 4.71. The van der Waals surface area contributed by atoms with Crippen LogP contribution < -0.4 is 0 Å². The molecule has 0 radical (unpaired) electrons. The minimum absolute atomic E-state index is 0.262. The maximum Gasteiger partial charge on any atom is 0.143 e. The van der Waals surface area contributed by atoms with Gasteiger partial charge in [0.25, 0.3) is 0 Å². The van der Waals surface area contributed by atoms with Gasteiger partial charge in [-0.1, -0.05) is 50.2 Å². The largest absolute Gasteiger partial charge is 0.455 e. The number of fused-ring (bicyclic) bond motifs is 9. The van der Waals surface area contributed by atoms with Gasteiger partial charge < -0.3 is 8.82 Å². The molecular formula is C49H44N2O. The fraction of sp³-hybridized carbons (Fsp3) is 0.408. The summed E-state index contributed by atoms with van der Waals surface area (Å²) in [6.07, 6.45) is 16.0. The molecule has 4 unspecified atom stereocenters. The van der Waals surface area contributed by atoms with Crippen LogP contribution in [-0.4, -0.2) is 9.38 Å². The Balaban J connectivity index is 1.14. The van der Waals surface area contributed by atoms with E-state index in [1.807, 2.05) is 0 Å². The number of rotatable bonds is 1. The van der Waals surface area contributed by atoms with Gasteiger partial charge >= 0.3 is 0 Å². The SMILES string of the molecule is CC12CC3CC(C1)CC(C)(C3)c1cc3c(cc12)c1cc(-c2cccc4c2oc2ccccc24)cc2c4c5c(ncc4n3c12)C1CC2CC(C1)CC5C2. The van der Waals surface area contributed by atoms with Crippen molar-refractivity contribution in [1.82, 2.24) is 9.38 Å². The molecule has 4 fully saturated rings. The number of hydrogen-bond donors (Lipinski definition) is 0. The lowest BCUT2D eigenvalue weighted by Crippen LogP contribution is -2.38. The van der Waals surface area contributed by atoms with E-state index >= 15 is 0 Å². The van der Waals surface area contributed by atoms with Crippen molar-refractivity contribution in [2.75, 3.05) is 0 Å². The highest BCUT2D eigenvalue weighted by Crippen LogP contribution is 2.63. The van der Waals surface area contributed by atoms with Crippen molar-refractivity contribution in [3.05, 3.63) is 95.3 Å². The molecule has 0 spiro atoms. The molecule has 52 heavy (non-hydrogen) atoms. The Kier molecular flexibility index (Phi) is 4.90. The Morgan fingerprint density at radius 3 is 2.13 bits per heavy atom. The second kappa shape index (κ2) is 9.04. The minimum Gasteiger partial charge on any atom is -0.455 e. The lowest BCUT2D eigenvalue weighted by Gasteiger charge is -2.46. The van der Waals surface area contributed by atoms with Crippen LogP contribution in [0.4, 0.5) is 0 Å². The molecule has 4 saturated carbocycles. The van der Waals surface area contributed by atoms with Crippen molar-refractivity contribution in [2.24, 2.45) is 23.7 Å². The molecule has 3 nitrogen and oxygen atoms in total. The summed E-state index contributed by atoms with van der Waals surface area (Å²) in [4.78, 5) is 5.51. The summed E-state index contributed by atoms with van der Waals surface area (Å²) in [6.45, 7) is 5.24. The van der Waals surface area contributed by atoms with Crippen LogP contribution in [0.25, 0.3) is 71.2 Å². The van der Waals surface area contributed by atoms with Gasteiger partial charge in [0.05, 0.1) is 22.7 Å². The minimum atomic E-state index is 0.262. The molecule has 4 aromatic heterocycles. The summed E-state index contributed by atoms with van der Waals surface area (Å²) in [6, 6.07) is 25.8. The van der Waals surface area contributed by atoms with E-state index < -0.39 is 0 Å². The molecule has 0 amide bonds. The normalized spacial score (nSPS) is 33.0. The van der Waals surface area contributed by atoms with Gasteiger partial charge in [-0.15, -0.1) is 0 Å². The predicted molar refractivity (Wildman–Crippen MR) is 212 cm³/mol. The van der Waals surface area contributed by atoms with Crippen LogP contribution in [-0.2, 0) is 10.8 Å². The standard InChI is InChI=1S/C49H44N2O/c1-48-20-27-11-28(21-48)23-49(2,22-27)39-19-40-35(18-38(39)48)36-16-29(32-7-5-8-34-33-6-3-4-9-42(33)52-47(32)34)17-37-44-41(51(40)46(36)37)24-50-45-31-14-25-10-26(15-31)13-30(12-25)43(44)45/h3-9,16-19,24-28,30-31H,10-15,20-23H2,1-2H3. The van der Waals surface area contributed by atoms with E-state index in [2.05, 4.69) is 91.2 Å². The number of para-hydroxylation sites is 2. The van der Waals surface area contributed by atoms with E-state index in [0.29, 0.717) is 11.8 Å². The smallest absolute Gasteiger partial charge is 0.143 e. The van der Waals surface area contributed by atoms with Gasteiger partial charge in [-0.3, -0.25) is 4.98 Å². The molecule has 0 saturated heterocycles. The lowest BCUT2D eigenvalue weighted by molar-refractivity contribution is 0.0899. The van der Waals surface area contributed by atoms with Crippen LogP contribution >= 0.6 is 0 Å². The molecule has 8 aromatic rings. The monoisotopic (exact) mass is 676 g/mol. The zero-order valence-corrected chi connectivity index (χ0v) is 30.3. The molecule has 8 bridgehead atoms. The van der Waals surface area contributed by atoms with E-state index in [1.165, 1.54) is 130 Å². The van der Waals surface area contributed by atoms with Crippen LogP contribution in [0.3, 0.4) is 0 Å². The number of aromatic nitrogens is 2. The Bertz CT molecular complexity index is 2880. The van der Waals surface area contributed by atoms with E-state index in [1.54, 1.807) is 16.7 Å². The van der Waals surface area contributed by atoms with Gasteiger partial charge in [0.15, 0.2) is 0 Å². The fourth-order valence-corrected chi connectivity index (χ4v) is 14.9. The zero-order valence-electron chi connectivity index (χ0n) is 30.3. The maximum atomic E-state index is 6.71. The average molecular weight is 677 g/mol. The van der Waals surface area contributed by atoms with Gasteiger partial charge in [0.1, 0.15) is 11.2 Å².